The smallest absolute Gasteiger partial charge is 0.175 e. The molecule has 4 aromatic rings. The summed E-state index contributed by atoms with van der Waals surface area (Å²) >= 11 is 0. The molecule has 0 amide bonds. The van der Waals surface area contributed by atoms with E-state index in [4.69, 9.17) is 18.9 Å². The topological polar surface area (TPSA) is 135 Å². The fraction of sp³-hybridized carbons (Fsp3) is 0.308. The fourth-order valence-corrected chi connectivity index (χ4v) is 7.67. The van der Waals surface area contributed by atoms with Crippen LogP contribution in [0.4, 0.5) is 0 Å². The normalized spacial score (nSPS) is 25.0. The molecule has 0 aromatic heterocycles. The maximum Gasteiger partial charge on any atom is 0.175 e. The van der Waals surface area contributed by atoms with Crippen molar-refractivity contribution in [1.29, 1.82) is 0 Å². The minimum Gasteiger partial charge on any atom is -0.508 e. The highest BCUT2D eigenvalue weighted by atomic mass is 16.5. The Labute approximate surface area is 278 Å². The molecule has 1 spiro atoms. The molecule has 0 unspecified atom stereocenters. The van der Waals surface area contributed by atoms with Crippen molar-refractivity contribution in [3.63, 3.8) is 0 Å². The van der Waals surface area contributed by atoms with Crippen LogP contribution in [0.5, 0.6) is 34.5 Å². The van der Waals surface area contributed by atoms with E-state index >= 15 is 0 Å². The third-order valence-electron chi connectivity index (χ3n) is 10.2. The summed E-state index contributed by atoms with van der Waals surface area (Å²) < 4.78 is 24.3. The summed E-state index contributed by atoms with van der Waals surface area (Å²) in [5, 5.41) is 41.7. The summed E-state index contributed by atoms with van der Waals surface area (Å²) in [4.78, 5) is 14.9. The molecule has 0 saturated carbocycles. The standard InChI is InChI=1S/C39H38O9/c1-20-15-22(5-9-28(20)40)34-26-13-14-39(19-27(26)35(47-34)24-7-11-30(42)33(18-24)46-4)37(44)36(23-6-10-29(41)21(2)16-23)48-38(39)25-8-12-32(45-3)31(43)17-25/h5-12,15-18,34-36,38,40-43H,13-14,19H2,1-4H3/t34-,35+,36+,38-,39+/m0/s1. The van der Waals surface area contributed by atoms with Gasteiger partial charge in [-0.3, -0.25) is 4.79 Å². The van der Waals surface area contributed by atoms with Crippen molar-refractivity contribution in [2.45, 2.75) is 57.5 Å². The summed E-state index contributed by atoms with van der Waals surface area (Å²) in [5.74, 6) is 0.825. The number of rotatable bonds is 6. The highest BCUT2D eigenvalue weighted by Crippen LogP contribution is 2.64. The van der Waals surface area contributed by atoms with Gasteiger partial charge in [0.15, 0.2) is 28.8 Å². The molecule has 4 N–H and O–H groups in total. The van der Waals surface area contributed by atoms with E-state index in [2.05, 4.69) is 0 Å². The van der Waals surface area contributed by atoms with E-state index < -0.39 is 29.8 Å². The van der Waals surface area contributed by atoms with Crippen LogP contribution in [0, 0.1) is 19.3 Å². The maximum atomic E-state index is 14.9. The van der Waals surface area contributed by atoms with Crippen molar-refractivity contribution >= 4 is 5.78 Å². The van der Waals surface area contributed by atoms with Crippen LogP contribution in [0.2, 0.25) is 0 Å². The number of carbonyl (C=O) groups excluding carboxylic acids is 1. The first-order valence-corrected chi connectivity index (χ1v) is 15.9. The first-order valence-electron chi connectivity index (χ1n) is 15.9. The number of phenolic OH excluding ortho intramolecular Hbond substituents is 4. The van der Waals surface area contributed by atoms with Crippen LogP contribution < -0.4 is 9.47 Å². The number of Topliss-reactive ketones (excluding diaryl/α,β-unsaturated/α-hetero) is 1. The van der Waals surface area contributed by atoms with Crippen LogP contribution >= 0.6 is 0 Å². The van der Waals surface area contributed by atoms with E-state index in [0.717, 1.165) is 27.8 Å². The average molecular weight is 651 g/mol. The number of benzene rings is 4. The van der Waals surface area contributed by atoms with Gasteiger partial charge in [-0.25, -0.2) is 0 Å². The van der Waals surface area contributed by atoms with Gasteiger partial charge in [-0.15, -0.1) is 0 Å². The molecule has 7 rings (SSSR count). The first-order chi connectivity index (χ1) is 23.0. The Bertz CT molecular complexity index is 1960. The minimum absolute atomic E-state index is 0.00468. The van der Waals surface area contributed by atoms with E-state index in [0.29, 0.717) is 47.5 Å². The van der Waals surface area contributed by atoms with E-state index in [1.54, 1.807) is 61.5 Å². The Hall–Kier alpha value is -4.99. The highest BCUT2D eigenvalue weighted by molar-refractivity contribution is 5.93. The third-order valence-corrected chi connectivity index (χ3v) is 10.2. The van der Waals surface area contributed by atoms with E-state index in [9.17, 15) is 25.2 Å². The van der Waals surface area contributed by atoms with Crippen molar-refractivity contribution in [3.8, 4) is 34.5 Å². The van der Waals surface area contributed by atoms with Gasteiger partial charge >= 0.3 is 0 Å². The van der Waals surface area contributed by atoms with Gasteiger partial charge in [0, 0.05) is 0 Å². The summed E-state index contributed by atoms with van der Waals surface area (Å²) in [6.45, 7) is 3.62. The Kier molecular flexibility index (Phi) is 7.84. The molecular weight excluding hydrogens is 612 g/mol. The first kappa shape index (κ1) is 31.6. The minimum atomic E-state index is -1.02. The Morgan fingerprint density at radius 3 is 1.79 bits per heavy atom. The van der Waals surface area contributed by atoms with E-state index in [1.165, 1.54) is 14.2 Å². The Balaban J connectivity index is 1.37. The number of aromatic hydroxyl groups is 4. The number of methoxy groups -OCH3 is 2. The predicted molar refractivity (Wildman–Crippen MR) is 176 cm³/mol. The third kappa shape index (κ3) is 5.05. The van der Waals surface area contributed by atoms with Crippen LogP contribution in [0.3, 0.4) is 0 Å². The SMILES string of the molecule is COc1ccc([C@@H]2O[C@H](c3ccc(O)c(C)c3)C(=O)[C@]23CCC2=C(C3)[C@@H](c3ccc(O)c(OC)c3)O[C@H]2c2ccc(O)c(C)c2)cc1O. The lowest BCUT2D eigenvalue weighted by Gasteiger charge is -2.38. The lowest BCUT2D eigenvalue weighted by molar-refractivity contribution is -0.128. The molecule has 1 fully saturated rings. The van der Waals surface area contributed by atoms with Crippen LogP contribution in [0.15, 0.2) is 83.9 Å². The second-order valence-electron chi connectivity index (χ2n) is 13.0. The number of phenols is 4. The number of hydrogen-bond acceptors (Lipinski definition) is 9. The Morgan fingerprint density at radius 2 is 1.19 bits per heavy atom. The summed E-state index contributed by atoms with van der Waals surface area (Å²) in [5.41, 5.74) is 5.32. The van der Waals surface area contributed by atoms with Gasteiger partial charge in [-0.2, -0.15) is 0 Å². The molecule has 1 aliphatic carbocycles. The van der Waals surface area contributed by atoms with Gasteiger partial charge in [-0.05, 0) is 126 Å². The number of aryl methyl sites for hydroxylation is 2. The van der Waals surface area contributed by atoms with Crippen LogP contribution in [0.1, 0.15) is 77.1 Å². The van der Waals surface area contributed by atoms with Crippen molar-refractivity contribution in [2.24, 2.45) is 5.41 Å². The quantitative estimate of drug-likeness (QED) is 0.156. The highest BCUT2D eigenvalue weighted by Gasteiger charge is 2.60. The Morgan fingerprint density at radius 1 is 0.625 bits per heavy atom. The predicted octanol–water partition coefficient (Wildman–Crippen LogP) is 7.50. The monoisotopic (exact) mass is 650 g/mol. The molecule has 9 heteroatoms. The zero-order valence-electron chi connectivity index (χ0n) is 27.2. The molecule has 48 heavy (non-hydrogen) atoms. The fourth-order valence-electron chi connectivity index (χ4n) is 7.67. The van der Waals surface area contributed by atoms with Crippen molar-refractivity contribution in [3.05, 3.63) is 117 Å². The van der Waals surface area contributed by atoms with Crippen molar-refractivity contribution < 1.29 is 44.2 Å². The van der Waals surface area contributed by atoms with E-state index in [-0.39, 0.29) is 28.8 Å². The summed E-state index contributed by atoms with van der Waals surface area (Å²) in [7, 11) is 2.97. The second kappa shape index (κ2) is 11.9. The summed E-state index contributed by atoms with van der Waals surface area (Å²) in [6, 6.07) is 20.7. The van der Waals surface area contributed by atoms with Crippen LogP contribution in [0.25, 0.3) is 0 Å². The number of carbonyl (C=O) groups is 1. The molecular formula is C39H38O9. The molecule has 248 valence electrons. The molecule has 2 heterocycles. The lowest BCUT2D eigenvalue weighted by atomic mass is 9.63. The number of ketones is 1. The van der Waals surface area contributed by atoms with Crippen molar-refractivity contribution in [2.75, 3.05) is 14.2 Å². The van der Waals surface area contributed by atoms with Crippen LogP contribution in [-0.4, -0.2) is 40.4 Å². The molecule has 4 aromatic carbocycles. The van der Waals surface area contributed by atoms with Gasteiger partial charge < -0.3 is 39.4 Å². The zero-order valence-corrected chi connectivity index (χ0v) is 27.2. The van der Waals surface area contributed by atoms with Crippen LogP contribution in [-0.2, 0) is 14.3 Å². The second-order valence-corrected chi connectivity index (χ2v) is 13.0. The molecule has 2 aliphatic heterocycles. The van der Waals surface area contributed by atoms with Gasteiger partial charge in [0.1, 0.15) is 29.8 Å². The van der Waals surface area contributed by atoms with Gasteiger partial charge in [0.05, 0.1) is 25.7 Å². The molecule has 0 bridgehead atoms. The molecule has 0 radical (unpaired) electrons. The molecule has 5 atom stereocenters. The van der Waals surface area contributed by atoms with E-state index in [1.807, 2.05) is 25.1 Å². The van der Waals surface area contributed by atoms with Gasteiger partial charge in [0.2, 0.25) is 0 Å². The summed E-state index contributed by atoms with van der Waals surface area (Å²) in [6.07, 6.45) is -1.24. The number of ether oxygens (including phenoxy) is 4. The lowest BCUT2D eigenvalue weighted by Crippen LogP contribution is -2.36. The maximum absolute atomic E-state index is 14.9. The average Bonchev–Trinajstić information content (AvgIpc) is 3.59. The zero-order chi connectivity index (χ0) is 33.9. The van der Waals surface area contributed by atoms with Crippen molar-refractivity contribution in [1.82, 2.24) is 0 Å². The largest absolute Gasteiger partial charge is 0.508 e. The number of hydrogen-bond donors (Lipinski definition) is 4. The molecule has 1 saturated heterocycles. The molecule has 3 aliphatic rings. The van der Waals surface area contributed by atoms with Gasteiger partial charge in [0.25, 0.3) is 0 Å². The molecule has 9 nitrogen and oxygen atoms in total. The van der Waals surface area contributed by atoms with Gasteiger partial charge in [-0.1, -0.05) is 24.3 Å².